The summed E-state index contributed by atoms with van der Waals surface area (Å²) in [6.45, 7) is 3.49. The summed E-state index contributed by atoms with van der Waals surface area (Å²) >= 11 is 0. The monoisotopic (exact) mass is 324 g/mol. The molecular weight excluding hydrogens is 295 g/mol. The van der Waals surface area contributed by atoms with Gasteiger partial charge in [0.2, 0.25) is 5.91 Å². The molecule has 5 heteroatoms. The molecule has 0 atom stereocenters. The molecule has 1 aromatic rings. The van der Waals surface area contributed by atoms with E-state index < -0.39 is 5.82 Å². The molecular formula is C18H29FN2O2. The fraction of sp³-hybridized carbons (Fsp3) is 0.611. The Hall–Kier alpha value is -1.62. The number of rotatable bonds is 12. The number of ether oxygens (including phenoxy) is 1. The highest BCUT2D eigenvalue weighted by molar-refractivity contribution is 5.78. The van der Waals surface area contributed by atoms with Crippen molar-refractivity contribution >= 4 is 5.91 Å². The van der Waals surface area contributed by atoms with Crippen LogP contribution < -0.4 is 15.8 Å². The van der Waals surface area contributed by atoms with Gasteiger partial charge in [0.25, 0.3) is 0 Å². The Labute approximate surface area is 138 Å². The van der Waals surface area contributed by atoms with E-state index in [0.29, 0.717) is 18.7 Å². The van der Waals surface area contributed by atoms with Gasteiger partial charge in [-0.1, -0.05) is 45.1 Å². The minimum absolute atomic E-state index is 0.0754. The summed E-state index contributed by atoms with van der Waals surface area (Å²) in [6.07, 6.45) is 7.33. The minimum Gasteiger partial charge on any atom is -0.489 e. The van der Waals surface area contributed by atoms with E-state index >= 15 is 0 Å². The first-order valence-electron chi connectivity index (χ1n) is 8.55. The topological polar surface area (TPSA) is 64.3 Å². The molecule has 0 aliphatic carbocycles. The first-order valence-corrected chi connectivity index (χ1v) is 8.55. The predicted molar refractivity (Wildman–Crippen MR) is 91.0 cm³/mol. The number of unbranched alkanes of at least 4 members (excludes halogenated alkanes) is 5. The van der Waals surface area contributed by atoms with Gasteiger partial charge in [-0.2, -0.15) is 0 Å². The molecule has 23 heavy (non-hydrogen) atoms. The average Bonchev–Trinajstić information content (AvgIpc) is 2.53. The van der Waals surface area contributed by atoms with Gasteiger partial charge >= 0.3 is 0 Å². The Kier molecular flexibility index (Phi) is 10.0. The van der Waals surface area contributed by atoms with Crippen molar-refractivity contribution in [1.29, 1.82) is 0 Å². The normalized spacial score (nSPS) is 10.6. The number of halogens is 1. The summed E-state index contributed by atoms with van der Waals surface area (Å²) in [7, 11) is 0. The van der Waals surface area contributed by atoms with Crippen LogP contribution in [0.1, 0.15) is 51.0 Å². The van der Waals surface area contributed by atoms with E-state index in [2.05, 4.69) is 12.2 Å². The van der Waals surface area contributed by atoms with Gasteiger partial charge in [0, 0.05) is 13.1 Å². The van der Waals surface area contributed by atoms with Crippen molar-refractivity contribution in [3.05, 3.63) is 29.6 Å². The SMILES string of the molecule is CCCCCCCCNC(=O)Cc1ccc(OCCN)c(F)c1. The Morgan fingerprint density at radius 1 is 1.22 bits per heavy atom. The van der Waals surface area contributed by atoms with Gasteiger partial charge < -0.3 is 15.8 Å². The quantitative estimate of drug-likeness (QED) is 0.580. The van der Waals surface area contributed by atoms with E-state index in [-0.39, 0.29) is 24.7 Å². The number of amides is 1. The predicted octanol–water partition coefficient (Wildman–Crippen LogP) is 3.18. The number of nitrogens with two attached hydrogens (primary N) is 1. The first kappa shape index (κ1) is 19.4. The third-order valence-electron chi connectivity index (χ3n) is 3.59. The van der Waals surface area contributed by atoms with Crippen molar-refractivity contribution in [2.24, 2.45) is 5.73 Å². The van der Waals surface area contributed by atoms with Gasteiger partial charge in [0.1, 0.15) is 6.61 Å². The minimum atomic E-state index is -0.459. The van der Waals surface area contributed by atoms with Crippen molar-refractivity contribution in [3.8, 4) is 5.75 Å². The van der Waals surface area contributed by atoms with Crippen molar-refractivity contribution in [1.82, 2.24) is 5.32 Å². The van der Waals surface area contributed by atoms with E-state index in [9.17, 15) is 9.18 Å². The molecule has 1 amide bonds. The summed E-state index contributed by atoms with van der Waals surface area (Å²) < 4.78 is 18.9. The van der Waals surface area contributed by atoms with Crippen LogP contribution in [-0.2, 0) is 11.2 Å². The molecule has 0 saturated heterocycles. The summed E-state index contributed by atoms with van der Waals surface area (Å²) in [5.74, 6) is -0.361. The summed E-state index contributed by atoms with van der Waals surface area (Å²) in [4.78, 5) is 11.8. The van der Waals surface area contributed by atoms with Crippen LogP contribution in [0.15, 0.2) is 18.2 Å². The lowest BCUT2D eigenvalue weighted by Crippen LogP contribution is -2.26. The lowest BCUT2D eigenvalue weighted by molar-refractivity contribution is -0.120. The third-order valence-corrected chi connectivity index (χ3v) is 3.59. The van der Waals surface area contributed by atoms with Crippen molar-refractivity contribution in [2.45, 2.75) is 51.9 Å². The fourth-order valence-corrected chi connectivity index (χ4v) is 2.32. The zero-order valence-electron chi connectivity index (χ0n) is 14.1. The van der Waals surface area contributed by atoms with Crippen molar-refractivity contribution in [2.75, 3.05) is 19.7 Å². The standard InChI is InChI=1S/C18H29FN2O2/c1-2-3-4-5-6-7-11-21-18(22)14-15-8-9-17(16(19)13-15)23-12-10-20/h8-9,13H,2-7,10-12,14,20H2,1H3,(H,21,22). The second kappa shape index (κ2) is 11.9. The molecule has 0 bridgehead atoms. The Morgan fingerprint density at radius 2 is 1.96 bits per heavy atom. The number of hydrogen-bond donors (Lipinski definition) is 2. The molecule has 0 aliphatic rings. The van der Waals surface area contributed by atoms with Crippen LogP contribution in [0, 0.1) is 5.82 Å². The van der Waals surface area contributed by atoms with Crippen LogP contribution in [0.3, 0.4) is 0 Å². The number of carbonyl (C=O) groups excluding carboxylic acids is 1. The molecule has 1 rings (SSSR count). The second-order valence-corrected chi connectivity index (χ2v) is 5.70. The van der Waals surface area contributed by atoms with E-state index in [0.717, 1.165) is 12.8 Å². The van der Waals surface area contributed by atoms with Gasteiger partial charge in [0.15, 0.2) is 11.6 Å². The van der Waals surface area contributed by atoms with E-state index in [1.807, 2.05) is 0 Å². The molecule has 0 fully saturated rings. The van der Waals surface area contributed by atoms with Crippen LogP contribution in [0.5, 0.6) is 5.75 Å². The van der Waals surface area contributed by atoms with Crippen molar-refractivity contribution in [3.63, 3.8) is 0 Å². The number of hydrogen-bond acceptors (Lipinski definition) is 3. The smallest absolute Gasteiger partial charge is 0.224 e. The summed E-state index contributed by atoms with van der Waals surface area (Å²) in [5, 5.41) is 2.88. The molecule has 0 aliphatic heterocycles. The number of nitrogens with one attached hydrogen (secondary N) is 1. The Balaban J connectivity index is 2.24. The third kappa shape index (κ3) is 8.55. The van der Waals surface area contributed by atoms with Gasteiger partial charge in [-0.05, 0) is 24.1 Å². The van der Waals surface area contributed by atoms with E-state index in [1.54, 1.807) is 12.1 Å². The van der Waals surface area contributed by atoms with Crippen LogP contribution >= 0.6 is 0 Å². The average molecular weight is 324 g/mol. The second-order valence-electron chi connectivity index (χ2n) is 5.70. The maximum absolute atomic E-state index is 13.8. The van der Waals surface area contributed by atoms with Crippen LogP contribution in [0.2, 0.25) is 0 Å². The van der Waals surface area contributed by atoms with Crippen LogP contribution in [-0.4, -0.2) is 25.6 Å². The zero-order valence-corrected chi connectivity index (χ0v) is 14.1. The molecule has 0 spiro atoms. The van der Waals surface area contributed by atoms with E-state index in [4.69, 9.17) is 10.5 Å². The highest BCUT2D eigenvalue weighted by Crippen LogP contribution is 2.18. The maximum Gasteiger partial charge on any atom is 0.224 e. The number of carbonyl (C=O) groups is 1. The summed E-state index contributed by atoms with van der Waals surface area (Å²) in [5.41, 5.74) is 5.96. The number of benzene rings is 1. The summed E-state index contributed by atoms with van der Waals surface area (Å²) in [6, 6.07) is 4.59. The fourth-order valence-electron chi connectivity index (χ4n) is 2.32. The van der Waals surface area contributed by atoms with Gasteiger partial charge in [-0.15, -0.1) is 0 Å². The van der Waals surface area contributed by atoms with Crippen LogP contribution in [0.4, 0.5) is 4.39 Å². The first-order chi connectivity index (χ1) is 11.2. The molecule has 3 N–H and O–H groups in total. The molecule has 0 heterocycles. The molecule has 0 aromatic heterocycles. The Bertz CT molecular complexity index is 466. The van der Waals surface area contributed by atoms with Crippen LogP contribution in [0.25, 0.3) is 0 Å². The highest BCUT2D eigenvalue weighted by Gasteiger charge is 2.08. The van der Waals surface area contributed by atoms with Gasteiger partial charge in [0.05, 0.1) is 6.42 Å². The molecule has 130 valence electrons. The molecule has 1 aromatic carbocycles. The lowest BCUT2D eigenvalue weighted by Gasteiger charge is -2.08. The highest BCUT2D eigenvalue weighted by atomic mass is 19.1. The van der Waals surface area contributed by atoms with Crippen molar-refractivity contribution < 1.29 is 13.9 Å². The van der Waals surface area contributed by atoms with Gasteiger partial charge in [-0.3, -0.25) is 4.79 Å². The maximum atomic E-state index is 13.8. The molecule has 0 radical (unpaired) electrons. The lowest BCUT2D eigenvalue weighted by atomic mass is 10.1. The zero-order chi connectivity index (χ0) is 16.9. The molecule has 0 saturated carbocycles. The molecule has 4 nitrogen and oxygen atoms in total. The van der Waals surface area contributed by atoms with E-state index in [1.165, 1.54) is 31.7 Å². The molecule has 0 unspecified atom stereocenters. The largest absolute Gasteiger partial charge is 0.489 e. The van der Waals surface area contributed by atoms with Gasteiger partial charge in [-0.25, -0.2) is 4.39 Å². The Morgan fingerprint density at radius 3 is 2.65 bits per heavy atom.